The summed E-state index contributed by atoms with van der Waals surface area (Å²) in [5.74, 6) is 0.858. The predicted molar refractivity (Wildman–Crippen MR) is 76.4 cm³/mol. The van der Waals surface area contributed by atoms with Crippen LogP contribution in [-0.4, -0.2) is 37.1 Å². The minimum Gasteiger partial charge on any atom is -0.317 e. The molecule has 0 spiro atoms. The smallest absolute Gasteiger partial charge is 0.0104 e. The molecule has 1 aliphatic rings. The summed E-state index contributed by atoms with van der Waals surface area (Å²) < 4.78 is 0. The van der Waals surface area contributed by atoms with Gasteiger partial charge in [-0.1, -0.05) is 33.1 Å². The van der Waals surface area contributed by atoms with Gasteiger partial charge in [-0.3, -0.25) is 0 Å². The normalized spacial score (nSPS) is 28.1. The molecule has 0 bridgehead atoms. The van der Waals surface area contributed by atoms with Crippen LogP contribution < -0.4 is 5.32 Å². The van der Waals surface area contributed by atoms with E-state index in [0.717, 1.165) is 18.0 Å². The Morgan fingerprint density at radius 3 is 2.47 bits per heavy atom. The van der Waals surface area contributed by atoms with Crippen LogP contribution in [0.1, 0.15) is 59.3 Å². The van der Waals surface area contributed by atoms with Crippen LogP contribution in [0.25, 0.3) is 0 Å². The van der Waals surface area contributed by atoms with Gasteiger partial charge in [0.1, 0.15) is 0 Å². The molecule has 0 aromatic carbocycles. The van der Waals surface area contributed by atoms with Crippen LogP contribution in [0.5, 0.6) is 0 Å². The summed E-state index contributed by atoms with van der Waals surface area (Å²) in [4.78, 5) is 2.67. The van der Waals surface area contributed by atoms with E-state index in [4.69, 9.17) is 0 Å². The van der Waals surface area contributed by atoms with Crippen molar-refractivity contribution in [1.29, 1.82) is 0 Å². The Labute approximate surface area is 108 Å². The van der Waals surface area contributed by atoms with Crippen molar-refractivity contribution in [3.63, 3.8) is 0 Å². The lowest BCUT2D eigenvalue weighted by Crippen LogP contribution is -2.43. The zero-order valence-corrected chi connectivity index (χ0v) is 12.3. The first-order valence-corrected chi connectivity index (χ1v) is 7.64. The largest absolute Gasteiger partial charge is 0.317 e. The highest BCUT2D eigenvalue weighted by atomic mass is 15.1. The molecule has 0 aromatic heterocycles. The molecule has 1 aliphatic carbocycles. The summed E-state index contributed by atoms with van der Waals surface area (Å²) in [6, 6.07) is 1.48. The lowest BCUT2D eigenvalue weighted by Gasteiger charge is -2.34. The minimum absolute atomic E-state index is 0.737. The van der Waals surface area contributed by atoms with Crippen molar-refractivity contribution in [1.82, 2.24) is 10.2 Å². The van der Waals surface area contributed by atoms with Gasteiger partial charge in [0.25, 0.3) is 0 Å². The van der Waals surface area contributed by atoms with Crippen LogP contribution in [-0.2, 0) is 0 Å². The molecule has 3 unspecified atom stereocenters. The van der Waals surface area contributed by atoms with Crippen LogP contribution in [0.4, 0.5) is 0 Å². The van der Waals surface area contributed by atoms with Gasteiger partial charge in [0.2, 0.25) is 0 Å². The van der Waals surface area contributed by atoms with Crippen molar-refractivity contribution in [2.45, 2.75) is 71.4 Å². The molecule has 3 atom stereocenters. The zero-order chi connectivity index (χ0) is 12.7. The molecule has 0 saturated heterocycles. The first-order valence-electron chi connectivity index (χ1n) is 7.64. The predicted octanol–water partition coefficient (Wildman–Crippen LogP) is 3.28. The van der Waals surface area contributed by atoms with Gasteiger partial charge >= 0.3 is 0 Å². The molecule has 1 fully saturated rings. The number of hydrogen-bond acceptors (Lipinski definition) is 2. The fraction of sp³-hybridized carbons (Fsp3) is 1.00. The van der Waals surface area contributed by atoms with Crippen molar-refractivity contribution in [3.8, 4) is 0 Å². The molecule has 1 rings (SSSR count). The Morgan fingerprint density at radius 1 is 1.18 bits per heavy atom. The van der Waals surface area contributed by atoms with Crippen LogP contribution in [0.3, 0.4) is 0 Å². The van der Waals surface area contributed by atoms with E-state index in [2.05, 4.69) is 38.0 Å². The highest BCUT2D eigenvalue weighted by Crippen LogP contribution is 2.25. The van der Waals surface area contributed by atoms with Crippen LogP contribution in [0.2, 0.25) is 0 Å². The number of nitrogens with one attached hydrogen (secondary N) is 1. The van der Waals surface area contributed by atoms with Gasteiger partial charge < -0.3 is 10.2 Å². The quantitative estimate of drug-likeness (QED) is 0.717. The van der Waals surface area contributed by atoms with Crippen molar-refractivity contribution in [3.05, 3.63) is 0 Å². The summed E-state index contributed by atoms with van der Waals surface area (Å²) >= 11 is 0. The minimum atomic E-state index is 0.737. The van der Waals surface area contributed by atoms with Gasteiger partial charge in [0, 0.05) is 18.6 Å². The van der Waals surface area contributed by atoms with Crippen LogP contribution in [0, 0.1) is 5.92 Å². The molecule has 1 saturated carbocycles. The van der Waals surface area contributed by atoms with Crippen molar-refractivity contribution < 1.29 is 0 Å². The van der Waals surface area contributed by atoms with Gasteiger partial charge in [0.05, 0.1) is 0 Å². The SMILES string of the molecule is CCC(C)N(CC)CC1CCCCCC1NC. The van der Waals surface area contributed by atoms with E-state index in [1.807, 2.05) is 0 Å². The van der Waals surface area contributed by atoms with E-state index in [1.54, 1.807) is 0 Å². The number of hydrogen-bond donors (Lipinski definition) is 1. The molecule has 0 radical (unpaired) electrons. The van der Waals surface area contributed by atoms with Gasteiger partial charge in [0.15, 0.2) is 0 Å². The summed E-state index contributed by atoms with van der Waals surface area (Å²) in [7, 11) is 2.14. The van der Waals surface area contributed by atoms with Crippen LogP contribution in [0.15, 0.2) is 0 Å². The monoisotopic (exact) mass is 240 g/mol. The highest BCUT2D eigenvalue weighted by molar-refractivity contribution is 4.82. The number of nitrogens with zero attached hydrogens (tertiary/aromatic N) is 1. The Bertz CT molecular complexity index is 193. The van der Waals surface area contributed by atoms with Crippen molar-refractivity contribution in [2.75, 3.05) is 20.1 Å². The molecule has 0 heterocycles. The average Bonchev–Trinajstić information content (AvgIpc) is 2.59. The standard InChI is InChI=1S/C15H32N2/c1-5-13(3)17(6-2)12-14-10-8-7-9-11-15(14)16-4/h13-16H,5-12H2,1-4H3. The van der Waals surface area contributed by atoms with E-state index in [9.17, 15) is 0 Å². The Balaban J connectivity index is 2.55. The summed E-state index contributed by atoms with van der Waals surface area (Å²) in [6.07, 6.45) is 8.34. The second-order valence-electron chi connectivity index (χ2n) is 5.64. The summed E-state index contributed by atoms with van der Waals surface area (Å²) in [5.41, 5.74) is 0. The molecule has 2 nitrogen and oxygen atoms in total. The maximum Gasteiger partial charge on any atom is 0.0104 e. The Hall–Kier alpha value is -0.0800. The summed E-state index contributed by atoms with van der Waals surface area (Å²) in [5, 5.41) is 3.55. The fourth-order valence-electron chi connectivity index (χ4n) is 3.16. The lowest BCUT2D eigenvalue weighted by molar-refractivity contribution is 0.158. The molecular weight excluding hydrogens is 208 g/mol. The Kier molecular flexibility index (Phi) is 7.14. The van der Waals surface area contributed by atoms with E-state index in [-0.39, 0.29) is 0 Å². The first-order chi connectivity index (χ1) is 8.22. The fourth-order valence-corrected chi connectivity index (χ4v) is 3.16. The molecule has 2 heteroatoms. The molecule has 17 heavy (non-hydrogen) atoms. The van der Waals surface area contributed by atoms with Gasteiger partial charge in [-0.2, -0.15) is 0 Å². The topological polar surface area (TPSA) is 15.3 Å². The highest BCUT2D eigenvalue weighted by Gasteiger charge is 2.25. The number of rotatable bonds is 6. The lowest BCUT2D eigenvalue weighted by atomic mass is 9.93. The second kappa shape index (κ2) is 8.10. The average molecular weight is 240 g/mol. The molecular formula is C15H32N2. The maximum absolute atomic E-state index is 3.55. The van der Waals surface area contributed by atoms with E-state index < -0.39 is 0 Å². The second-order valence-corrected chi connectivity index (χ2v) is 5.64. The van der Waals surface area contributed by atoms with Crippen molar-refractivity contribution >= 4 is 0 Å². The third kappa shape index (κ3) is 4.59. The van der Waals surface area contributed by atoms with Crippen LogP contribution >= 0.6 is 0 Å². The Morgan fingerprint density at radius 2 is 1.88 bits per heavy atom. The molecule has 0 aliphatic heterocycles. The maximum atomic E-state index is 3.55. The first kappa shape index (κ1) is 15.0. The van der Waals surface area contributed by atoms with E-state index in [0.29, 0.717) is 0 Å². The molecule has 102 valence electrons. The summed E-state index contributed by atoms with van der Waals surface area (Å²) in [6.45, 7) is 9.46. The van der Waals surface area contributed by atoms with Crippen molar-refractivity contribution in [2.24, 2.45) is 5.92 Å². The molecule has 0 amide bonds. The van der Waals surface area contributed by atoms with Gasteiger partial charge in [-0.15, -0.1) is 0 Å². The third-order valence-electron chi connectivity index (χ3n) is 4.62. The zero-order valence-electron chi connectivity index (χ0n) is 12.3. The third-order valence-corrected chi connectivity index (χ3v) is 4.62. The molecule has 0 aromatic rings. The van der Waals surface area contributed by atoms with Gasteiger partial charge in [-0.25, -0.2) is 0 Å². The molecule has 1 N–H and O–H groups in total. The van der Waals surface area contributed by atoms with E-state index in [1.165, 1.54) is 51.6 Å². The van der Waals surface area contributed by atoms with E-state index >= 15 is 0 Å². The van der Waals surface area contributed by atoms with Gasteiger partial charge in [-0.05, 0) is 45.7 Å².